The zero-order valence-corrected chi connectivity index (χ0v) is 19.8. The molecule has 1 unspecified atom stereocenters. The fourth-order valence-electron chi connectivity index (χ4n) is 4.03. The zero-order valence-electron chi connectivity index (χ0n) is 18.2. The van der Waals surface area contributed by atoms with Gasteiger partial charge in [0.25, 0.3) is 5.69 Å². The Labute approximate surface area is 204 Å². The Kier molecular flexibility index (Phi) is 6.22. The maximum atomic E-state index is 11.9. The number of allylic oxidation sites excluding steroid dienone is 1. The van der Waals surface area contributed by atoms with Crippen LogP contribution >= 0.6 is 15.9 Å². The molecule has 174 valence electrons. The molecule has 10 nitrogen and oxygen atoms in total. The number of rotatable bonds is 6. The number of hydrogen-bond acceptors (Lipinski definition) is 8. The number of nitroso groups, excluding NO2 is 1. The molecule has 0 spiro atoms. The van der Waals surface area contributed by atoms with Gasteiger partial charge >= 0.3 is 0 Å². The molecule has 0 saturated carbocycles. The number of hydrogen-bond donors (Lipinski definition) is 4. The normalized spacial score (nSPS) is 18.2. The zero-order chi connectivity index (χ0) is 23.7. The molecule has 1 atom stereocenters. The number of fused-ring (bicyclic) bond motifs is 1. The van der Waals surface area contributed by atoms with Gasteiger partial charge in [-0.25, -0.2) is 9.97 Å². The molecule has 1 aromatic heterocycles. The number of anilines is 2. The minimum Gasteiger partial charge on any atom is -0.488 e. The van der Waals surface area contributed by atoms with Crippen LogP contribution in [0.3, 0.4) is 0 Å². The van der Waals surface area contributed by atoms with E-state index in [1.165, 1.54) is 0 Å². The summed E-state index contributed by atoms with van der Waals surface area (Å²) in [5, 5.41) is 7.39. The third-order valence-electron chi connectivity index (χ3n) is 5.69. The smallest absolute Gasteiger partial charge is 0.294 e. The number of nitrogens with two attached hydrogens (primary N) is 2. The van der Waals surface area contributed by atoms with Crippen LogP contribution in [-0.4, -0.2) is 46.4 Å². The Bertz CT molecular complexity index is 1320. The second-order valence-electron chi connectivity index (χ2n) is 8.21. The van der Waals surface area contributed by atoms with Gasteiger partial charge in [0.05, 0.1) is 4.91 Å². The first-order chi connectivity index (χ1) is 16.4. The fourth-order valence-corrected chi connectivity index (χ4v) is 4.49. The number of aliphatic imine (C=N–C) groups is 1. The minimum absolute atomic E-state index is 0.129. The summed E-state index contributed by atoms with van der Waals surface area (Å²) in [6.07, 6.45) is 6.82. The standard InChI is InChI=1S/C23H24BrN8O2/c24-16-5-15-12-29-23(31-22(15)20(9-16)34-19-1-3-27-4-2-19)30-17-6-13(7-18(10-17)32(26)33)14-8-21(25)28-11-14/h5-12,19,21,27H,1-4,25H2,(H2,26,33)(H,29,30,31)/q+1. The highest BCUT2D eigenvalue weighted by Crippen LogP contribution is 2.32. The number of aromatic nitrogens is 2. The highest BCUT2D eigenvalue weighted by Gasteiger charge is 2.19. The number of halogens is 1. The van der Waals surface area contributed by atoms with E-state index in [1.54, 1.807) is 24.5 Å². The first-order valence-electron chi connectivity index (χ1n) is 10.9. The van der Waals surface area contributed by atoms with Crippen molar-refractivity contribution in [2.24, 2.45) is 16.6 Å². The van der Waals surface area contributed by atoms with Crippen LogP contribution in [0.4, 0.5) is 17.3 Å². The first kappa shape index (κ1) is 22.4. The van der Waals surface area contributed by atoms with Crippen LogP contribution in [0.2, 0.25) is 0 Å². The van der Waals surface area contributed by atoms with Gasteiger partial charge < -0.3 is 21.1 Å². The van der Waals surface area contributed by atoms with Gasteiger partial charge in [0.1, 0.15) is 23.5 Å². The molecule has 1 fully saturated rings. The summed E-state index contributed by atoms with van der Waals surface area (Å²) in [5.74, 6) is 6.55. The van der Waals surface area contributed by atoms with Gasteiger partial charge in [-0.05, 0) is 61.3 Å². The largest absolute Gasteiger partial charge is 0.488 e. The highest BCUT2D eigenvalue weighted by atomic mass is 79.9. The highest BCUT2D eigenvalue weighted by molar-refractivity contribution is 9.10. The number of nitrogens with one attached hydrogen (secondary N) is 2. The molecule has 11 heteroatoms. The lowest BCUT2D eigenvalue weighted by atomic mass is 10.1. The van der Waals surface area contributed by atoms with Crippen molar-refractivity contribution in [3.05, 3.63) is 57.5 Å². The number of piperidine rings is 1. The molecule has 3 heterocycles. The lowest BCUT2D eigenvalue weighted by Gasteiger charge is -2.24. The molecule has 6 N–H and O–H groups in total. The fraction of sp³-hybridized carbons (Fsp3) is 0.261. The van der Waals surface area contributed by atoms with Crippen molar-refractivity contribution in [3.8, 4) is 5.75 Å². The van der Waals surface area contributed by atoms with Crippen molar-refractivity contribution >= 4 is 55.9 Å². The number of ether oxygens (including phenoxy) is 1. The van der Waals surface area contributed by atoms with Gasteiger partial charge in [0, 0.05) is 40.1 Å². The first-order valence-corrected chi connectivity index (χ1v) is 11.7. The van der Waals surface area contributed by atoms with Gasteiger partial charge in [0.15, 0.2) is 4.87 Å². The Morgan fingerprint density at radius 2 is 2.00 bits per heavy atom. The predicted octanol–water partition coefficient (Wildman–Crippen LogP) is 3.30. The molecule has 0 bridgehead atoms. The van der Waals surface area contributed by atoms with Crippen molar-refractivity contribution < 1.29 is 9.61 Å². The van der Waals surface area contributed by atoms with E-state index in [4.69, 9.17) is 21.3 Å². The van der Waals surface area contributed by atoms with Crippen molar-refractivity contribution in [2.75, 3.05) is 18.4 Å². The van der Waals surface area contributed by atoms with Gasteiger partial charge in [-0.15, -0.1) is 0 Å². The Morgan fingerprint density at radius 1 is 1.18 bits per heavy atom. The third kappa shape index (κ3) is 4.91. The van der Waals surface area contributed by atoms with Crippen molar-refractivity contribution in [2.45, 2.75) is 25.1 Å². The molecule has 5 rings (SSSR count). The summed E-state index contributed by atoms with van der Waals surface area (Å²) in [4.78, 5) is 25.5. The second-order valence-corrected chi connectivity index (χ2v) is 9.13. The molecular weight excluding hydrogens is 500 g/mol. The molecular formula is C23H24BrN8O2+. The van der Waals surface area contributed by atoms with Crippen LogP contribution in [0.25, 0.3) is 16.5 Å². The van der Waals surface area contributed by atoms with Crippen LogP contribution in [0.1, 0.15) is 18.4 Å². The van der Waals surface area contributed by atoms with Gasteiger partial charge in [-0.3, -0.25) is 4.99 Å². The van der Waals surface area contributed by atoms with Gasteiger partial charge in [-0.2, -0.15) is 5.84 Å². The molecule has 2 aliphatic heterocycles. The van der Waals surface area contributed by atoms with Gasteiger partial charge in [0.2, 0.25) is 5.95 Å². The number of benzene rings is 2. The number of hydrazine groups is 1. The maximum Gasteiger partial charge on any atom is 0.294 e. The maximum absolute atomic E-state index is 11.9. The van der Waals surface area contributed by atoms with E-state index in [-0.39, 0.29) is 11.8 Å². The lowest BCUT2D eigenvalue weighted by Crippen LogP contribution is -2.34. The van der Waals surface area contributed by atoms with Crippen LogP contribution in [0, 0.1) is 4.91 Å². The summed E-state index contributed by atoms with van der Waals surface area (Å²) < 4.78 is 7.21. The van der Waals surface area contributed by atoms with Crippen LogP contribution in [-0.2, 0) is 0 Å². The SMILES string of the molecule is NC1C=C(c2cc(Nc3ncc4cc(Br)cc(OC5CCNCC5)c4n3)cc([N+](N)=O)c2)C=N1. The topological polar surface area (TPSA) is 144 Å². The van der Waals surface area contributed by atoms with Gasteiger partial charge in [-0.1, -0.05) is 15.9 Å². The van der Waals surface area contributed by atoms with Crippen molar-refractivity contribution in [1.82, 2.24) is 15.3 Å². The van der Waals surface area contributed by atoms with Crippen LogP contribution < -0.4 is 26.9 Å². The number of nitrogens with zero attached hydrogens (tertiary/aromatic N) is 4. The van der Waals surface area contributed by atoms with Crippen molar-refractivity contribution in [1.29, 1.82) is 0 Å². The predicted molar refractivity (Wildman–Crippen MR) is 135 cm³/mol. The van der Waals surface area contributed by atoms with E-state index in [0.717, 1.165) is 46.9 Å². The molecule has 2 aliphatic rings. The van der Waals surface area contributed by atoms with E-state index < -0.39 is 6.17 Å². The van der Waals surface area contributed by atoms with E-state index >= 15 is 0 Å². The molecule has 1 saturated heterocycles. The van der Waals surface area contributed by atoms with E-state index in [0.29, 0.717) is 27.8 Å². The summed E-state index contributed by atoms with van der Waals surface area (Å²) in [7, 11) is 0. The summed E-state index contributed by atoms with van der Waals surface area (Å²) >= 11 is 3.55. The summed E-state index contributed by atoms with van der Waals surface area (Å²) in [6, 6.07) is 9.05. The van der Waals surface area contributed by atoms with E-state index in [1.807, 2.05) is 24.3 Å². The molecule has 2 aromatic carbocycles. The molecule has 0 amide bonds. The molecule has 3 aromatic rings. The molecule has 0 radical (unpaired) electrons. The Morgan fingerprint density at radius 3 is 2.74 bits per heavy atom. The summed E-state index contributed by atoms with van der Waals surface area (Å²) in [5.41, 5.74) is 8.98. The van der Waals surface area contributed by atoms with Crippen molar-refractivity contribution in [3.63, 3.8) is 0 Å². The monoisotopic (exact) mass is 523 g/mol. The second kappa shape index (κ2) is 9.45. The van der Waals surface area contributed by atoms with E-state index in [9.17, 15) is 4.91 Å². The average molecular weight is 524 g/mol. The minimum atomic E-state index is -0.405. The molecule has 0 aliphatic carbocycles. The quantitative estimate of drug-likeness (QED) is 0.219. The summed E-state index contributed by atoms with van der Waals surface area (Å²) in [6.45, 7) is 1.86. The molecule has 34 heavy (non-hydrogen) atoms. The Balaban J connectivity index is 1.49. The average Bonchev–Trinajstić information content (AvgIpc) is 3.26. The lowest BCUT2D eigenvalue weighted by molar-refractivity contribution is -0.474. The Hall–Kier alpha value is -3.41. The van der Waals surface area contributed by atoms with Crippen LogP contribution in [0.5, 0.6) is 5.75 Å². The van der Waals surface area contributed by atoms with Crippen LogP contribution in [0.15, 0.2) is 52.1 Å². The van der Waals surface area contributed by atoms with E-state index in [2.05, 4.69) is 36.5 Å². The third-order valence-corrected chi connectivity index (χ3v) is 6.15.